The van der Waals surface area contributed by atoms with E-state index in [1.54, 1.807) is 40.7 Å². The molecule has 15 nitrogen and oxygen atoms in total. The summed E-state index contributed by atoms with van der Waals surface area (Å²) in [6.07, 6.45) is -1.07. The van der Waals surface area contributed by atoms with Crippen LogP contribution in [-0.4, -0.2) is 136 Å². The van der Waals surface area contributed by atoms with Gasteiger partial charge >= 0.3 is 11.9 Å². The van der Waals surface area contributed by atoms with Crippen LogP contribution in [0.2, 0.25) is 0 Å². The second kappa shape index (κ2) is 21.2. The Balaban J connectivity index is 1.84. The molecule has 0 aromatic heterocycles. The van der Waals surface area contributed by atoms with E-state index in [0.717, 1.165) is 4.90 Å². The maximum Gasteiger partial charge on any atom is 0.329 e. The molecule has 1 aliphatic carbocycles. The number of fused-ring (bicyclic) bond motifs is 3. The SMILES string of the molecule is CCC1C=C(C)C(O)C(C)CC(OC)C2OC(O)(C(=O)C(=O)N3CCCCC3C(=O)OC(C(C)=CC3CCC(O)C(O)C3)C(C)C(OC(C)=O)CC1=O)C(C)CC2OC. The van der Waals surface area contributed by atoms with Gasteiger partial charge in [-0.05, 0) is 94.6 Å². The Labute approximate surface area is 348 Å². The minimum Gasteiger partial charge on any atom is -0.462 e. The zero-order valence-corrected chi connectivity index (χ0v) is 36.3. The Morgan fingerprint density at radius 2 is 1.59 bits per heavy atom. The molecule has 4 N–H and O–H groups in total. The van der Waals surface area contributed by atoms with Gasteiger partial charge in [-0.25, -0.2) is 4.79 Å². The Morgan fingerprint density at radius 1 is 0.932 bits per heavy atom. The number of Topliss-reactive ketones (excluding diaryl/α,β-unsaturated/α-hetero) is 2. The van der Waals surface area contributed by atoms with Gasteiger partial charge in [-0.15, -0.1) is 0 Å². The third-order valence-corrected chi connectivity index (χ3v) is 13.2. The average molecular weight is 836 g/mol. The summed E-state index contributed by atoms with van der Waals surface area (Å²) in [4.78, 5) is 70.8. The summed E-state index contributed by atoms with van der Waals surface area (Å²) in [5.41, 5.74) is 1.08. The number of hydrogen-bond acceptors (Lipinski definition) is 14. The molecule has 0 aromatic rings. The monoisotopic (exact) mass is 835 g/mol. The quantitative estimate of drug-likeness (QED) is 0.172. The van der Waals surface area contributed by atoms with Crippen LogP contribution >= 0.6 is 0 Å². The van der Waals surface area contributed by atoms with Gasteiger partial charge in [0.05, 0.1) is 30.5 Å². The van der Waals surface area contributed by atoms with Gasteiger partial charge in [-0.3, -0.25) is 19.2 Å². The number of carbonyl (C=O) groups is 5. The van der Waals surface area contributed by atoms with E-state index < -0.39 is 108 Å². The molecular formula is C44H69NO14. The summed E-state index contributed by atoms with van der Waals surface area (Å²) in [5, 5.41) is 44.2. The minimum absolute atomic E-state index is 0.0295. The molecular weight excluding hydrogens is 766 g/mol. The van der Waals surface area contributed by atoms with E-state index in [1.807, 2.05) is 13.0 Å². The van der Waals surface area contributed by atoms with Gasteiger partial charge in [-0.2, -0.15) is 0 Å². The van der Waals surface area contributed by atoms with Crippen molar-refractivity contribution >= 4 is 29.4 Å². The van der Waals surface area contributed by atoms with Gasteiger partial charge in [0.25, 0.3) is 11.7 Å². The summed E-state index contributed by atoms with van der Waals surface area (Å²) in [7, 11) is 2.92. The number of aliphatic hydroxyl groups excluding tert-OH is 3. The molecule has 15 heteroatoms. The summed E-state index contributed by atoms with van der Waals surface area (Å²) >= 11 is 0. The fourth-order valence-corrected chi connectivity index (χ4v) is 9.42. The number of hydrogen-bond donors (Lipinski definition) is 4. The predicted octanol–water partition coefficient (Wildman–Crippen LogP) is 3.36. The molecule has 15 atom stereocenters. The van der Waals surface area contributed by atoms with E-state index in [4.69, 9.17) is 23.7 Å². The van der Waals surface area contributed by atoms with Crippen LogP contribution in [0.25, 0.3) is 0 Å². The van der Waals surface area contributed by atoms with E-state index in [1.165, 1.54) is 21.1 Å². The Bertz CT molecular complexity index is 1560. The van der Waals surface area contributed by atoms with Crippen LogP contribution in [0.1, 0.15) is 113 Å². The molecule has 4 rings (SSSR count). The van der Waals surface area contributed by atoms with Crippen molar-refractivity contribution in [1.82, 2.24) is 4.90 Å². The van der Waals surface area contributed by atoms with E-state index in [0.29, 0.717) is 43.3 Å². The molecule has 1 amide bonds. The first kappa shape index (κ1) is 48.6. The standard InChI is InChI=1S/C44H69NO14/c1-10-30-18-23(2)38(50)24(3)19-36(55-8)40-37(56-9)20-26(5)44(54,59-40)41(51)42(52)45-16-12-11-13-31(45)43(53)58-39(27(6)35(22-33(30)48)57-28(7)46)25(4)17-29-14-15-32(47)34(49)21-29/h17-18,24,26-27,29-32,34-40,47,49-50,54H,10-16,19-22H2,1-9H3. The Morgan fingerprint density at radius 3 is 2.20 bits per heavy atom. The van der Waals surface area contributed by atoms with Crippen LogP contribution in [0.15, 0.2) is 23.3 Å². The second-order valence-corrected chi connectivity index (χ2v) is 17.5. The van der Waals surface area contributed by atoms with Crippen molar-refractivity contribution in [2.24, 2.45) is 29.6 Å². The number of methoxy groups -OCH3 is 2. The predicted molar refractivity (Wildman–Crippen MR) is 214 cm³/mol. The molecule has 3 heterocycles. The molecule has 59 heavy (non-hydrogen) atoms. The molecule has 2 bridgehead atoms. The zero-order chi connectivity index (χ0) is 43.9. The van der Waals surface area contributed by atoms with E-state index >= 15 is 0 Å². The Hall–Kier alpha value is -3.05. The molecule has 1 saturated carbocycles. The van der Waals surface area contributed by atoms with E-state index in [2.05, 4.69) is 0 Å². The van der Waals surface area contributed by atoms with Crippen LogP contribution in [0, 0.1) is 29.6 Å². The number of cyclic esters (lactones) is 1. The van der Waals surface area contributed by atoms with Gasteiger partial charge in [-0.1, -0.05) is 39.8 Å². The lowest BCUT2D eigenvalue weighted by Gasteiger charge is -2.47. The van der Waals surface area contributed by atoms with Crippen LogP contribution in [-0.2, 0) is 47.7 Å². The fraction of sp³-hybridized carbons (Fsp3) is 0.795. The van der Waals surface area contributed by atoms with Crippen molar-refractivity contribution in [3.05, 3.63) is 23.3 Å². The lowest BCUT2D eigenvalue weighted by atomic mass is 9.81. The molecule has 3 fully saturated rings. The number of aliphatic hydroxyl groups is 4. The van der Waals surface area contributed by atoms with Crippen molar-refractivity contribution in [2.45, 2.75) is 173 Å². The molecule has 334 valence electrons. The van der Waals surface area contributed by atoms with Crippen molar-refractivity contribution in [3.8, 4) is 0 Å². The number of amides is 1. The van der Waals surface area contributed by atoms with Gasteiger partial charge in [0.15, 0.2) is 0 Å². The third kappa shape index (κ3) is 11.5. The summed E-state index contributed by atoms with van der Waals surface area (Å²) in [6, 6.07) is -1.21. The minimum atomic E-state index is -2.60. The largest absolute Gasteiger partial charge is 0.462 e. The number of carbonyl (C=O) groups excluding carboxylic acids is 5. The highest BCUT2D eigenvalue weighted by atomic mass is 16.7. The third-order valence-electron chi connectivity index (χ3n) is 13.2. The van der Waals surface area contributed by atoms with E-state index in [9.17, 15) is 44.4 Å². The maximum atomic E-state index is 14.4. The molecule has 0 spiro atoms. The normalized spacial score (nSPS) is 40.3. The molecule has 2 saturated heterocycles. The average Bonchev–Trinajstić information content (AvgIpc) is 3.20. The summed E-state index contributed by atoms with van der Waals surface area (Å²) in [6.45, 7) is 11.7. The molecule has 15 unspecified atom stereocenters. The van der Waals surface area contributed by atoms with Crippen molar-refractivity contribution in [1.29, 1.82) is 0 Å². The lowest BCUT2D eigenvalue weighted by Crippen LogP contribution is -2.64. The fourth-order valence-electron chi connectivity index (χ4n) is 9.42. The number of nitrogens with zero attached hydrogens (tertiary/aromatic N) is 1. The van der Waals surface area contributed by atoms with Gasteiger partial charge in [0, 0.05) is 51.9 Å². The molecule has 0 radical (unpaired) electrons. The highest BCUT2D eigenvalue weighted by Gasteiger charge is 2.57. The highest BCUT2D eigenvalue weighted by Crippen LogP contribution is 2.39. The number of ether oxygens (including phenoxy) is 5. The summed E-state index contributed by atoms with van der Waals surface area (Å²) < 4.78 is 29.9. The molecule has 3 aliphatic heterocycles. The first-order valence-corrected chi connectivity index (χ1v) is 21.4. The van der Waals surface area contributed by atoms with Gasteiger partial charge in [0.2, 0.25) is 5.79 Å². The molecule has 4 aliphatic rings. The van der Waals surface area contributed by atoms with Crippen molar-refractivity contribution in [3.63, 3.8) is 0 Å². The summed E-state index contributed by atoms with van der Waals surface area (Å²) in [5.74, 6) is -9.69. The topological polar surface area (TPSA) is 216 Å². The van der Waals surface area contributed by atoms with Crippen molar-refractivity contribution < 1.29 is 68.1 Å². The number of piperidine rings is 1. The van der Waals surface area contributed by atoms with Crippen molar-refractivity contribution in [2.75, 3.05) is 20.8 Å². The number of ketones is 2. The second-order valence-electron chi connectivity index (χ2n) is 17.5. The smallest absolute Gasteiger partial charge is 0.329 e. The first-order chi connectivity index (χ1) is 27.8. The van der Waals surface area contributed by atoms with Crippen LogP contribution in [0.3, 0.4) is 0 Å². The van der Waals surface area contributed by atoms with Gasteiger partial charge < -0.3 is 49.0 Å². The molecule has 0 aromatic carbocycles. The van der Waals surface area contributed by atoms with Gasteiger partial charge in [0.1, 0.15) is 30.1 Å². The van der Waals surface area contributed by atoms with Crippen LogP contribution < -0.4 is 0 Å². The van der Waals surface area contributed by atoms with Crippen LogP contribution in [0.4, 0.5) is 0 Å². The lowest BCUT2D eigenvalue weighted by molar-refractivity contribution is -0.302. The van der Waals surface area contributed by atoms with Crippen LogP contribution in [0.5, 0.6) is 0 Å². The number of rotatable bonds is 6. The van der Waals surface area contributed by atoms with E-state index in [-0.39, 0.29) is 50.4 Å². The maximum absolute atomic E-state index is 14.4. The first-order valence-electron chi connectivity index (χ1n) is 21.4. The number of esters is 2. The number of allylic oxidation sites excluding steroid dienone is 2. The highest BCUT2D eigenvalue weighted by molar-refractivity contribution is 6.39. The zero-order valence-electron chi connectivity index (χ0n) is 36.3. The Kier molecular flexibility index (Phi) is 17.4.